The van der Waals surface area contributed by atoms with Gasteiger partial charge >= 0.3 is 11.9 Å². The molecule has 0 amide bonds. The largest absolute Gasteiger partial charge is 0.508 e. The van der Waals surface area contributed by atoms with E-state index in [1.807, 2.05) is 57.9 Å². The van der Waals surface area contributed by atoms with E-state index in [2.05, 4.69) is 70.1 Å². The van der Waals surface area contributed by atoms with Crippen molar-refractivity contribution in [3.63, 3.8) is 0 Å². The average Bonchev–Trinajstić information content (AvgIpc) is 3.79. The molecule has 0 fully saturated rings. The number of fused-ring (bicyclic) bond motifs is 2. The summed E-state index contributed by atoms with van der Waals surface area (Å²) in [6, 6.07) is 32.0. The van der Waals surface area contributed by atoms with Crippen LogP contribution in [0.2, 0.25) is 5.02 Å². The van der Waals surface area contributed by atoms with E-state index in [9.17, 15) is 9.59 Å². The highest BCUT2D eigenvalue weighted by molar-refractivity contribution is 14.1. The lowest BCUT2D eigenvalue weighted by Gasteiger charge is -2.08. The van der Waals surface area contributed by atoms with Crippen molar-refractivity contribution in [3.8, 4) is 28.7 Å². The number of rotatable bonds is 10. The Morgan fingerprint density at radius 2 is 1.02 bits per heavy atom. The number of nitrogens with zero attached hydrogens (tertiary/aromatic N) is 6. The van der Waals surface area contributed by atoms with Crippen LogP contribution < -0.4 is 14.2 Å². The van der Waals surface area contributed by atoms with Gasteiger partial charge in [-0.05, 0) is 135 Å². The first kappa shape index (κ1) is 44.6. The van der Waals surface area contributed by atoms with Crippen LogP contribution in [-0.2, 0) is 22.6 Å². The van der Waals surface area contributed by atoms with Crippen molar-refractivity contribution in [2.24, 2.45) is 0 Å². The van der Waals surface area contributed by atoms with Gasteiger partial charge in [-0.3, -0.25) is 0 Å². The monoisotopic (exact) mass is 1070 g/mol. The van der Waals surface area contributed by atoms with Gasteiger partial charge < -0.3 is 28.8 Å². The SMILES string of the molecule is COC(=O)c1ccc(O)cc1.COC(=O)c1ccc(Oc2ccnc3c2c(I)nn3Cc2ccc(OC)cc2)cc1.COc1ccc(Cn2nc(I)c3c(Cl)ccnc32)cc1. The molecule has 0 spiro atoms. The first-order valence-corrected chi connectivity index (χ1v) is 20.7. The second-order valence-corrected chi connectivity index (χ2v) is 15.2. The van der Waals surface area contributed by atoms with E-state index in [-0.39, 0.29) is 11.7 Å². The Hall–Kier alpha value is -5.99. The van der Waals surface area contributed by atoms with E-state index in [1.165, 1.54) is 38.5 Å². The number of phenols is 1. The summed E-state index contributed by atoms with van der Waals surface area (Å²) in [6.07, 6.45) is 3.40. The molecule has 0 atom stereocenters. The first-order chi connectivity index (χ1) is 29.5. The highest BCUT2D eigenvalue weighted by Gasteiger charge is 2.17. The molecule has 1 N–H and O–H groups in total. The van der Waals surface area contributed by atoms with Gasteiger partial charge in [0.2, 0.25) is 0 Å². The zero-order chi connectivity index (χ0) is 43.5. The van der Waals surface area contributed by atoms with Gasteiger partial charge in [0.05, 0.1) is 68.5 Å². The Kier molecular flexibility index (Phi) is 15.3. The predicted molar refractivity (Wildman–Crippen MR) is 247 cm³/mol. The molecule has 0 aliphatic carbocycles. The molecule has 17 heteroatoms. The highest BCUT2D eigenvalue weighted by atomic mass is 127. The number of esters is 2. The summed E-state index contributed by atoms with van der Waals surface area (Å²) in [6.45, 7) is 1.23. The molecular formula is C44H37ClI2N6O8. The van der Waals surface area contributed by atoms with Crippen LogP contribution in [-0.4, -0.2) is 75.0 Å². The first-order valence-electron chi connectivity index (χ1n) is 18.2. The van der Waals surface area contributed by atoms with Crippen LogP contribution >= 0.6 is 56.8 Å². The molecule has 0 saturated carbocycles. The Morgan fingerprint density at radius 3 is 1.49 bits per heavy atom. The van der Waals surface area contributed by atoms with Crippen LogP contribution in [0.5, 0.6) is 28.7 Å². The summed E-state index contributed by atoms with van der Waals surface area (Å²) in [4.78, 5) is 31.3. The number of aromatic hydroxyl groups is 1. The fourth-order valence-corrected chi connectivity index (χ4v) is 7.73. The fourth-order valence-electron chi connectivity index (χ4n) is 5.78. The third-order valence-electron chi connectivity index (χ3n) is 8.87. The van der Waals surface area contributed by atoms with E-state index < -0.39 is 5.97 Å². The molecule has 0 unspecified atom stereocenters. The number of aromatic nitrogens is 6. The minimum absolute atomic E-state index is 0.137. The number of carbonyl (C=O) groups excluding carboxylic acids is 2. The van der Waals surface area contributed by atoms with Crippen LogP contribution in [0.4, 0.5) is 0 Å². The van der Waals surface area contributed by atoms with E-state index >= 15 is 0 Å². The van der Waals surface area contributed by atoms with E-state index in [4.69, 9.17) is 35.7 Å². The lowest BCUT2D eigenvalue weighted by atomic mass is 10.2. The molecular weight excluding hydrogens is 1030 g/mol. The van der Waals surface area contributed by atoms with Crippen molar-refractivity contribution in [3.05, 3.63) is 156 Å². The minimum Gasteiger partial charge on any atom is -0.508 e. The van der Waals surface area contributed by atoms with Gasteiger partial charge in [0.25, 0.3) is 0 Å². The predicted octanol–water partition coefficient (Wildman–Crippen LogP) is 9.60. The molecule has 61 heavy (non-hydrogen) atoms. The standard InChI is InChI=1S/C22H18IN3O4.C14H11ClIN3O.C8H8O3/c1-28-16-7-3-14(4-8-16)13-26-21-19(20(23)25-26)18(11-12-24-21)30-17-9-5-15(6-10-17)22(27)29-2;1-20-10-4-2-9(3-5-10)8-19-14-12(13(16)18-19)11(15)6-7-17-14;1-11-8(10)6-2-4-7(9)5-3-6/h3-12H,13H2,1-2H3;2-7H,8H2,1H3;2-5,9H,1H3. The van der Waals surface area contributed by atoms with Crippen LogP contribution in [0, 0.1) is 7.40 Å². The number of halogens is 3. The minimum atomic E-state index is -0.398. The Bertz CT molecular complexity index is 2750. The van der Waals surface area contributed by atoms with Gasteiger partial charge in [-0.25, -0.2) is 28.9 Å². The smallest absolute Gasteiger partial charge is 0.337 e. The molecule has 4 aromatic heterocycles. The van der Waals surface area contributed by atoms with E-state index in [1.54, 1.807) is 63.0 Å². The summed E-state index contributed by atoms with van der Waals surface area (Å²) in [5.41, 5.74) is 4.66. The molecule has 14 nitrogen and oxygen atoms in total. The number of methoxy groups -OCH3 is 4. The average molecular weight is 1070 g/mol. The summed E-state index contributed by atoms with van der Waals surface area (Å²) < 4.78 is 31.0. The third-order valence-corrected chi connectivity index (χ3v) is 10.7. The second kappa shape index (κ2) is 21.0. The lowest BCUT2D eigenvalue weighted by Crippen LogP contribution is -2.03. The Balaban J connectivity index is 0.000000172. The molecule has 0 saturated heterocycles. The molecule has 0 radical (unpaired) electrons. The summed E-state index contributed by atoms with van der Waals surface area (Å²) >= 11 is 10.6. The van der Waals surface area contributed by atoms with Crippen molar-refractivity contribution in [1.82, 2.24) is 29.5 Å². The number of benzene rings is 4. The third kappa shape index (κ3) is 11.2. The molecule has 8 rings (SSSR count). The maximum Gasteiger partial charge on any atom is 0.337 e. The van der Waals surface area contributed by atoms with Crippen molar-refractivity contribution >= 4 is 90.8 Å². The van der Waals surface area contributed by atoms with Crippen molar-refractivity contribution in [2.75, 3.05) is 28.4 Å². The van der Waals surface area contributed by atoms with Crippen LogP contribution in [0.3, 0.4) is 0 Å². The highest BCUT2D eigenvalue weighted by Crippen LogP contribution is 2.33. The van der Waals surface area contributed by atoms with Gasteiger partial charge in [-0.1, -0.05) is 35.9 Å². The lowest BCUT2D eigenvalue weighted by molar-refractivity contribution is 0.0592. The second-order valence-electron chi connectivity index (χ2n) is 12.7. The maximum atomic E-state index is 11.6. The Morgan fingerprint density at radius 1 is 0.590 bits per heavy atom. The van der Waals surface area contributed by atoms with Crippen molar-refractivity contribution in [1.29, 1.82) is 0 Å². The number of hydrogen-bond acceptors (Lipinski definition) is 12. The van der Waals surface area contributed by atoms with Gasteiger partial charge in [-0.15, -0.1) is 0 Å². The normalized spacial score (nSPS) is 10.5. The van der Waals surface area contributed by atoms with Gasteiger partial charge in [-0.2, -0.15) is 10.2 Å². The Labute approximate surface area is 382 Å². The number of phenolic OH excluding ortho intramolecular Hbond substituents is 1. The topological polar surface area (TPSA) is 162 Å². The molecule has 0 aliphatic rings. The zero-order valence-electron chi connectivity index (χ0n) is 33.1. The van der Waals surface area contributed by atoms with Gasteiger partial charge in [0, 0.05) is 18.5 Å². The summed E-state index contributed by atoms with van der Waals surface area (Å²) in [5.74, 6) is 2.26. The quantitative estimate of drug-likeness (QED) is 0.102. The van der Waals surface area contributed by atoms with Gasteiger partial charge in [0.1, 0.15) is 36.1 Å². The number of hydrogen-bond donors (Lipinski definition) is 1. The van der Waals surface area contributed by atoms with E-state index in [0.29, 0.717) is 40.7 Å². The summed E-state index contributed by atoms with van der Waals surface area (Å²) in [7, 11) is 5.97. The summed E-state index contributed by atoms with van der Waals surface area (Å²) in [5, 5.41) is 20.4. The van der Waals surface area contributed by atoms with Gasteiger partial charge in [0.15, 0.2) is 11.3 Å². The number of carbonyl (C=O) groups is 2. The number of ether oxygens (including phenoxy) is 5. The van der Waals surface area contributed by atoms with Crippen molar-refractivity contribution < 1.29 is 38.4 Å². The molecule has 4 heterocycles. The molecule has 312 valence electrons. The fraction of sp³-hybridized carbons (Fsp3) is 0.136. The van der Waals surface area contributed by atoms with Crippen molar-refractivity contribution in [2.45, 2.75) is 13.1 Å². The van der Waals surface area contributed by atoms with Crippen LogP contribution in [0.15, 0.2) is 122 Å². The maximum absolute atomic E-state index is 11.6. The molecule has 8 aromatic rings. The molecule has 0 bridgehead atoms. The van der Waals surface area contributed by atoms with Crippen LogP contribution in [0.25, 0.3) is 22.1 Å². The van der Waals surface area contributed by atoms with E-state index in [0.717, 1.165) is 52.1 Å². The zero-order valence-corrected chi connectivity index (χ0v) is 38.2. The number of pyridine rings is 2. The molecule has 4 aromatic carbocycles. The van der Waals surface area contributed by atoms with Crippen LogP contribution in [0.1, 0.15) is 31.8 Å². The molecule has 0 aliphatic heterocycles.